The summed E-state index contributed by atoms with van der Waals surface area (Å²) in [4.78, 5) is 21.3. The molecular weight excluding hydrogens is 326 g/mol. The fourth-order valence-corrected chi connectivity index (χ4v) is 3.23. The molecule has 0 unspecified atom stereocenters. The van der Waals surface area contributed by atoms with Gasteiger partial charge in [0.05, 0.1) is 17.6 Å². The number of rotatable bonds is 6. The van der Waals surface area contributed by atoms with E-state index in [-0.39, 0.29) is 11.7 Å². The van der Waals surface area contributed by atoms with Gasteiger partial charge < -0.3 is 15.2 Å². The van der Waals surface area contributed by atoms with Crippen molar-refractivity contribution < 1.29 is 14.6 Å². The zero-order chi connectivity index (χ0) is 16.9. The van der Waals surface area contributed by atoms with Crippen molar-refractivity contribution in [1.82, 2.24) is 9.97 Å². The zero-order valence-corrected chi connectivity index (χ0v) is 14.0. The summed E-state index contributed by atoms with van der Waals surface area (Å²) in [5.41, 5.74) is 1.59. The summed E-state index contributed by atoms with van der Waals surface area (Å²) >= 11 is 1.39. The Morgan fingerprint density at radius 3 is 2.83 bits per heavy atom. The molecule has 1 aromatic carbocycles. The number of hydrogen-bond donors (Lipinski definition) is 2. The minimum atomic E-state index is -0.361. The average molecular weight is 343 g/mol. The van der Waals surface area contributed by atoms with Gasteiger partial charge in [0.2, 0.25) is 0 Å². The lowest BCUT2D eigenvalue weighted by Gasteiger charge is -2.08. The molecule has 0 bridgehead atoms. The monoisotopic (exact) mass is 343 g/mol. The smallest absolute Gasteiger partial charge is 0.339 e. The molecule has 0 spiro atoms. The third-order valence-corrected chi connectivity index (χ3v) is 4.39. The van der Waals surface area contributed by atoms with Gasteiger partial charge >= 0.3 is 5.97 Å². The number of fused-ring (bicyclic) bond motifs is 1. The lowest BCUT2D eigenvalue weighted by atomic mass is 10.1. The predicted octanol–water partition coefficient (Wildman–Crippen LogP) is 3.23. The van der Waals surface area contributed by atoms with E-state index in [1.54, 1.807) is 24.4 Å². The van der Waals surface area contributed by atoms with E-state index in [1.165, 1.54) is 17.7 Å². The summed E-state index contributed by atoms with van der Waals surface area (Å²) in [7, 11) is 0. The second-order valence-corrected chi connectivity index (χ2v) is 5.97. The Labute approximate surface area is 143 Å². The fraction of sp³-hybridized carbons (Fsp3) is 0.235. The Bertz CT molecular complexity index is 846. The molecule has 0 saturated heterocycles. The number of benzene rings is 1. The van der Waals surface area contributed by atoms with Crippen molar-refractivity contribution in [3.8, 4) is 5.75 Å². The summed E-state index contributed by atoms with van der Waals surface area (Å²) in [5.74, 6) is 0.518. The summed E-state index contributed by atoms with van der Waals surface area (Å²) in [5, 5.41) is 15.0. The van der Waals surface area contributed by atoms with Gasteiger partial charge in [0.25, 0.3) is 0 Å². The Morgan fingerprint density at radius 2 is 2.08 bits per heavy atom. The number of esters is 1. The molecule has 0 amide bonds. The van der Waals surface area contributed by atoms with Crippen LogP contribution in [-0.2, 0) is 11.2 Å². The number of carbonyl (C=O) groups is 1. The molecule has 6 nitrogen and oxygen atoms in total. The van der Waals surface area contributed by atoms with E-state index in [0.29, 0.717) is 29.9 Å². The van der Waals surface area contributed by atoms with Crippen LogP contribution in [0.2, 0.25) is 0 Å². The van der Waals surface area contributed by atoms with Crippen molar-refractivity contribution in [3.05, 3.63) is 47.1 Å². The molecule has 0 aliphatic rings. The third kappa shape index (κ3) is 3.46. The maximum atomic E-state index is 12.1. The quantitative estimate of drug-likeness (QED) is 0.669. The van der Waals surface area contributed by atoms with E-state index in [4.69, 9.17) is 4.74 Å². The maximum absolute atomic E-state index is 12.1. The minimum Gasteiger partial charge on any atom is -0.508 e. The van der Waals surface area contributed by atoms with Crippen LogP contribution in [0.4, 0.5) is 5.82 Å². The molecule has 2 aromatic heterocycles. The molecule has 0 atom stereocenters. The van der Waals surface area contributed by atoms with Gasteiger partial charge in [-0.25, -0.2) is 14.8 Å². The van der Waals surface area contributed by atoms with Crippen LogP contribution in [-0.4, -0.2) is 34.2 Å². The van der Waals surface area contributed by atoms with Crippen LogP contribution in [0.25, 0.3) is 10.2 Å². The maximum Gasteiger partial charge on any atom is 0.339 e. The highest BCUT2D eigenvalue weighted by Gasteiger charge is 2.17. The molecule has 7 heteroatoms. The second-order valence-electron chi connectivity index (χ2n) is 5.12. The number of carbonyl (C=O) groups excluding carboxylic acids is 1. The highest BCUT2D eigenvalue weighted by Crippen LogP contribution is 2.29. The number of phenols is 1. The van der Waals surface area contributed by atoms with Crippen LogP contribution in [0.15, 0.2) is 36.0 Å². The number of ether oxygens (including phenoxy) is 1. The number of thiophene rings is 1. The first-order valence-electron chi connectivity index (χ1n) is 7.60. The van der Waals surface area contributed by atoms with E-state index in [9.17, 15) is 9.90 Å². The van der Waals surface area contributed by atoms with Crippen LogP contribution in [0.3, 0.4) is 0 Å². The SMILES string of the molecule is CCOC(=O)c1csc2ncnc(NCCc3ccc(O)cc3)c12. The summed E-state index contributed by atoms with van der Waals surface area (Å²) in [6, 6.07) is 7.08. The Balaban J connectivity index is 1.77. The first kappa shape index (κ1) is 16.2. The molecule has 0 aliphatic heterocycles. The predicted molar refractivity (Wildman–Crippen MR) is 93.7 cm³/mol. The van der Waals surface area contributed by atoms with Gasteiger partial charge in [-0.05, 0) is 31.0 Å². The van der Waals surface area contributed by atoms with Gasteiger partial charge in [-0.15, -0.1) is 11.3 Å². The second kappa shape index (κ2) is 7.27. The topological polar surface area (TPSA) is 84.3 Å². The third-order valence-electron chi connectivity index (χ3n) is 3.51. The molecule has 0 saturated carbocycles. The highest BCUT2D eigenvalue weighted by atomic mass is 32.1. The molecular formula is C17H17N3O3S. The molecule has 0 aliphatic carbocycles. The normalized spacial score (nSPS) is 10.7. The van der Waals surface area contributed by atoms with Gasteiger partial charge in [-0.3, -0.25) is 0 Å². The van der Waals surface area contributed by atoms with Crippen molar-refractivity contribution in [1.29, 1.82) is 0 Å². The Hall–Kier alpha value is -2.67. The van der Waals surface area contributed by atoms with E-state index in [0.717, 1.165) is 16.8 Å². The molecule has 124 valence electrons. The lowest BCUT2D eigenvalue weighted by Crippen LogP contribution is -2.09. The fourth-order valence-electron chi connectivity index (χ4n) is 2.36. The summed E-state index contributed by atoms with van der Waals surface area (Å²) in [6.07, 6.45) is 2.25. The Kier molecular flexibility index (Phi) is 4.90. The van der Waals surface area contributed by atoms with Gasteiger partial charge in [-0.1, -0.05) is 12.1 Å². The van der Waals surface area contributed by atoms with Crippen LogP contribution < -0.4 is 5.32 Å². The number of anilines is 1. The van der Waals surface area contributed by atoms with E-state index >= 15 is 0 Å². The van der Waals surface area contributed by atoms with Crippen molar-refractivity contribution in [2.45, 2.75) is 13.3 Å². The van der Waals surface area contributed by atoms with E-state index in [1.807, 2.05) is 12.1 Å². The molecule has 3 rings (SSSR count). The number of phenolic OH excluding ortho intramolecular Hbond substituents is 1. The van der Waals surface area contributed by atoms with Crippen molar-refractivity contribution in [2.75, 3.05) is 18.5 Å². The summed E-state index contributed by atoms with van der Waals surface area (Å²) in [6.45, 7) is 2.75. The van der Waals surface area contributed by atoms with Crippen LogP contribution >= 0.6 is 11.3 Å². The molecule has 2 heterocycles. The molecule has 0 radical (unpaired) electrons. The van der Waals surface area contributed by atoms with Crippen molar-refractivity contribution in [2.24, 2.45) is 0 Å². The number of nitrogens with zero attached hydrogens (tertiary/aromatic N) is 2. The largest absolute Gasteiger partial charge is 0.508 e. The minimum absolute atomic E-state index is 0.251. The van der Waals surface area contributed by atoms with Crippen molar-refractivity contribution in [3.63, 3.8) is 0 Å². The lowest BCUT2D eigenvalue weighted by molar-refractivity contribution is 0.0529. The number of aromatic hydroxyl groups is 1. The van der Waals surface area contributed by atoms with Gasteiger partial charge in [0.1, 0.15) is 22.7 Å². The van der Waals surface area contributed by atoms with E-state index < -0.39 is 0 Å². The van der Waals surface area contributed by atoms with Crippen molar-refractivity contribution >= 4 is 33.3 Å². The molecule has 3 aromatic rings. The van der Waals surface area contributed by atoms with Gasteiger partial charge in [0.15, 0.2) is 0 Å². The van der Waals surface area contributed by atoms with Crippen LogP contribution in [0, 0.1) is 0 Å². The molecule has 2 N–H and O–H groups in total. The number of aromatic nitrogens is 2. The van der Waals surface area contributed by atoms with E-state index in [2.05, 4.69) is 15.3 Å². The van der Waals surface area contributed by atoms with Crippen LogP contribution in [0.1, 0.15) is 22.8 Å². The summed E-state index contributed by atoms with van der Waals surface area (Å²) < 4.78 is 5.10. The highest BCUT2D eigenvalue weighted by molar-refractivity contribution is 7.17. The number of hydrogen-bond acceptors (Lipinski definition) is 7. The Morgan fingerprint density at radius 1 is 1.29 bits per heavy atom. The average Bonchev–Trinajstić information content (AvgIpc) is 3.02. The molecule has 24 heavy (non-hydrogen) atoms. The van der Waals surface area contributed by atoms with Gasteiger partial charge in [0, 0.05) is 11.9 Å². The first-order chi connectivity index (χ1) is 11.7. The number of nitrogens with one attached hydrogen (secondary N) is 1. The first-order valence-corrected chi connectivity index (χ1v) is 8.48. The van der Waals surface area contributed by atoms with Crippen LogP contribution in [0.5, 0.6) is 5.75 Å². The van der Waals surface area contributed by atoms with Gasteiger partial charge in [-0.2, -0.15) is 0 Å². The standard InChI is InChI=1S/C17H17N3O3S/c1-2-23-17(22)13-9-24-16-14(13)15(19-10-20-16)18-8-7-11-3-5-12(21)6-4-11/h3-6,9-10,21H,2,7-8H2,1H3,(H,18,19,20). The molecule has 0 fully saturated rings. The zero-order valence-electron chi connectivity index (χ0n) is 13.2.